The van der Waals surface area contributed by atoms with Crippen molar-refractivity contribution in [2.75, 3.05) is 5.32 Å². The number of aryl methyl sites for hydroxylation is 1. The lowest BCUT2D eigenvalue weighted by Gasteiger charge is -2.06. The van der Waals surface area contributed by atoms with E-state index in [1.807, 2.05) is 13.0 Å². The summed E-state index contributed by atoms with van der Waals surface area (Å²) in [6, 6.07) is 5.42. The Labute approximate surface area is 77.4 Å². The Hall–Kier alpha value is -1.35. The molecule has 0 aliphatic rings. The minimum Gasteiger partial charge on any atom is -0.392 e. The molecule has 0 aliphatic heterocycles. The van der Waals surface area contributed by atoms with Crippen molar-refractivity contribution >= 4 is 11.6 Å². The maximum absolute atomic E-state index is 10.7. The maximum Gasteiger partial charge on any atom is 0.221 e. The summed E-state index contributed by atoms with van der Waals surface area (Å²) in [7, 11) is 0. The zero-order valence-electron chi connectivity index (χ0n) is 7.79. The van der Waals surface area contributed by atoms with Crippen LogP contribution in [0.2, 0.25) is 0 Å². The van der Waals surface area contributed by atoms with E-state index in [4.69, 9.17) is 5.11 Å². The molecule has 70 valence electrons. The highest BCUT2D eigenvalue weighted by Crippen LogP contribution is 2.14. The number of hydrogen-bond acceptors (Lipinski definition) is 2. The second-order valence-electron chi connectivity index (χ2n) is 2.98. The van der Waals surface area contributed by atoms with E-state index in [0.717, 1.165) is 16.8 Å². The summed E-state index contributed by atoms with van der Waals surface area (Å²) in [4.78, 5) is 10.7. The number of carbonyl (C=O) groups is 1. The van der Waals surface area contributed by atoms with Gasteiger partial charge in [0, 0.05) is 12.6 Å². The molecule has 1 aromatic rings. The number of hydrogen-bond donors (Lipinski definition) is 2. The van der Waals surface area contributed by atoms with Gasteiger partial charge in [-0.1, -0.05) is 6.07 Å². The fourth-order valence-corrected chi connectivity index (χ4v) is 1.15. The minimum absolute atomic E-state index is 0.0339. The van der Waals surface area contributed by atoms with Gasteiger partial charge in [0.05, 0.1) is 6.61 Å². The van der Waals surface area contributed by atoms with Gasteiger partial charge in [0.25, 0.3) is 0 Å². The van der Waals surface area contributed by atoms with Crippen LogP contribution < -0.4 is 5.32 Å². The predicted octanol–water partition coefficient (Wildman–Crippen LogP) is 1.45. The van der Waals surface area contributed by atoms with Gasteiger partial charge in [-0.15, -0.1) is 0 Å². The molecule has 0 bridgehead atoms. The molecule has 1 aromatic carbocycles. The molecule has 0 fully saturated rings. The molecule has 0 heterocycles. The van der Waals surface area contributed by atoms with Gasteiger partial charge >= 0.3 is 0 Å². The summed E-state index contributed by atoms with van der Waals surface area (Å²) >= 11 is 0. The van der Waals surface area contributed by atoms with Gasteiger partial charge < -0.3 is 10.4 Å². The Morgan fingerprint density at radius 3 is 2.69 bits per heavy atom. The highest BCUT2D eigenvalue weighted by molar-refractivity contribution is 5.88. The SMILES string of the molecule is CC(=O)Nc1ccc(CO)c(C)c1. The Morgan fingerprint density at radius 2 is 2.23 bits per heavy atom. The number of carbonyl (C=O) groups excluding carboxylic acids is 1. The molecule has 1 rings (SSSR count). The van der Waals surface area contributed by atoms with Gasteiger partial charge in [-0.25, -0.2) is 0 Å². The van der Waals surface area contributed by atoms with Gasteiger partial charge in [0.2, 0.25) is 5.91 Å². The number of amides is 1. The van der Waals surface area contributed by atoms with Crippen LogP contribution in [0.5, 0.6) is 0 Å². The molecule has 0 radical (unpaired) electrons. The second-order valence-corrected chi connectivity index (χ2v) is 2.98. The largest absolute Gasteiger partial charge is 0.392 e. The summed E-state index contributed by atoms with van der Waals surface area (Å²) in [5.41, 5.74) is 2.63. The number of aliphatic hydroxyl groups is 1. The van der Waals surface area contributed by atoms with Crippen molar-refractivity contribution in [3.8, 4) is 0 Å². The first-order valence-electron chi connectivity index (χ1n) is 4.11. The first-order valence-corrected chi connectivity index (χ1v) is 4.11. The van der Waals surface area contributed by atoms with Crippen molar-refractivity contribution in [1.82, 2.24) is 0 Å². The van der Waals surface area contributed by atoms with E-state index in [1.54, 1.807) is 12.1 Å². The molecular formula is C10H13NO2. The molecule has 0 saturated carbocycles. The first kappa shape index (κ1) is 9.74. The number of anilines is 1. The molecule has 0 unspecified atom stereocenters. The lowest BCUT2D eigenvalue weighted by Crippen LogP contribution is -2.06. The normalized spacial score (nSPS) is 9.77. The van der Waals surface area contributed by atoms with E-state index in [9.17, 15) is 4.79 Å². The summed E-state index contributed by atoms with van der Waals surface area (Å²) in [6.45, 7) is 3.40. The molecule has 0 aromatic heterocycles. The molecule has 3 nitrogen and oxygen atoms in total. The van der Waals surface area contributed by atoms with Crippen LogP contribution in [0.15, 0.2) is 18.2 Å². The van der Waals surface area contributed by atoms with Crippen LogP contribution in [0.1, 0.15) is 18.1 Å². The van der Waals surface area contributed by atoms with Gasteiger partial charge in [0.1, 0.15) is 0 Å². The molecule has 13 heavy (non-hydrogen) atoms. The van der Waals surface area contributed by atoms with Crippen LogP contribution in [-0.2, 0) is 11.4 Å². The molecule has 0 aliphatic carbocycles. The van der Waals surface area contributed by atoms with Gasteiger partial charge in [-0.05, 0) is 30.2 Å². The standard InChI is InChI=1S/C10H13NO2/c1-7-5-10(11-8(2)13)4-3-9(7)6-12/h3-5,12H,6H2,1-2H3,(H,11,13). The Balaban J connectivity index is 2.89. The van der Waals surface area contributed by atoms with Crippen molar-refractivity contribution in [3.05, 3.63) is 29.3 Å². The lowest BCUT2D eigenvalue weighted by atomic mass is 10.1. The summed E-state index contributed by atoms with van der Waals surface area (Å²) in [6.07, 6.45) is 0. The smallest absolute Gasteiger partial charge is 0.221 e. The Bertz CT molecular complexity index is 321. The molecular weight excluding hydrogens is 166 g/mol. The Morgan fingerprint density at radius 1 is 1.54 bits per heavy atom. The molecule has 0 spiro atoms. The zero-order chi connectivity index (χ0) is 9.84. The summed E-state index contributed by atoms with van der Waals surface area (Å²) in [5.74, 6) is -0.0869. The first-order chi connectivity index (χ1) is 6.13. The lowest BCUT2D eigenvalue weighted by molar-refractivity contribution is -0.114. The fraction of sp³-hybridized carbons (Fsp3) is 0.300. The molecule has 2 N–H and O–H groups in total. The van der Waals surface area contributed by atoms with Crippen LogP contribution >= 0.6 is 0 Å². The van der Waals surface area contributed by atoms with Crippen molar-refractivity contribution in [2.45, 2.75) is 20.5 Å². The third-order valence-corrected chi connectivity index (χ3v) is 1.83. The summed E-state index contributed by atoms with van der Waals surface area (Å²) in [5, 5.41) is 11.6. The number of benzene rings is 1. The maximum atomic E-state index is 10.7. The van der Waals surface area contributed by atoms with Crippen LogP contribution in [0.4, 0.5) is 5.69 Å². The minimum atomic E-state index is -0.0869. The van der Waals surface area contributed by atoms with Crippen molar-refractivity contribution < 1.29 is 9.90 Å². The van der Waals surface area contributed by atoms with E-state index in [0.29, 0.717) is 0 Å². The molecule has 1 amide bonds. The van der Waals surface area contributed by atoms with Gasteiger partial charge in [-0.3, -0.25) is 4.79 Å². The topological polar surface area (TPSA) is 49.3 Å². The number of nitrogens with one attached hydrogen (secondary N) is 1. The predicted molar refractivity (Wildman–Crippen MR) is 51.4 cm³/mol. The van der Waals surface area contributed by atoms with E-state index < -0.39 is 0 Å². The highest BCUT2D eigenvalue weighted by Gasteiger charge is 1.99. The molecule has 0 atom stereocenters. The molecule has 0 saturated heterocycles. The second kappa shape index (κ2) is 4.05. The van der Waals surface area contributed by atoms with E-state index in [-0.39, 0.29) is 12.5 Å². The quantitative estimate of drug-likeness (QED) is 0.721. The van der Waals surface area contributed by atoms with Crippen molar-refractivity contribution in [3.63, 3.8) is 0 Å². The molecule has 3 heteroatoms. The van der Waals surface area contributed by atoms with Crippen molar-refractivity contribution in [2.24, 2.45) is 0 Å². The van der Waals surface area contributed by atoms with Crippen LogP contribution in [-0.4, -0.2) is 11.0 Å². The van der Waals surface area contributed by atoms with E-state index in [2.05, 4.69) is 5.32 Å². The Kier molecular flexibility index (Phi) is 3.03. The van der Waals surface area contributed by atoms with E-state index >= 15 is 0 Å². The third-order valence-electron chi connectivity index (χ3n) is 1.83. The third kappa shape index (κ3) is 2.56. The average Bonchev–Trinajstić information content (AvgIpc) is 2.03. The summed E-state index contributed by atoms with van der Waals surface area (Å²) < 4.78 is 0. The fourth-order valence-electron chi connectivity index (χ4n) is 1.15. The van der Waals surface area contributed by atoms with Crippen molar-refractivity contribution in [1.29, 1.82) is 0 Å². The van der Waals surface area contributed by atoms with Crippen LogP contribution in [0.3, 0.4) is 0 Å². The van der Waals surface area contributed by atoms with Gasteiger partial charge in [-0.2, -0.15) is 0 Å². The number of rotatable bonds is 2. The van der Waals surface area contributed by atoms with E-state index in [1.165, 1.54) is 6.92 Å². The number of aliphatic hydroxyl groups excluding tert-OH is 1. The van der Waals surface area contributed by atoms with Crippen LogP contribution in [0.25, 0.3) is 0 Å². The average molecular weight is 179 g/mol. The zero-order valence-corrected chi connectivity index (χ0v) is 7.79. The monoisotopic (exact) mass is 179 g/mol. The van der Waals surface area contributed by atoms with Gasteiger partial charge in [0.15, 0.2) is 0 Å². The highest BCUT2D eigenvalue weighted by atomic mass is 16.3. The van der Waals surface area contributed by atoms with Crippen LogP contribution in [0, 0.1) is 6.92 Å².